The predicted molar refractivity (Wildman–Crippen MR) is 69.5 cm³/mol. The van der Waals surface area contributed by atoms with Crippen LogP contribution in [-0.2, 0) is 4.79 Å². The maximum Gasteiger partial charge on any atom is 0.317 e. The van der Waals surface area contributed by atoms with Crippen molar-refractivity contribution in [3.8, 4) is 0 Å². The number of aliphatic carboxylic acids is 1. The molecule has 1 fully saturated rings. The van der Waals surface area contributed by atoms with Crippen LogP contribution in [0.1, 0.15) is 51.9 Å². The number of amides is 2. The molecule has 18 heavy (non-hydrogen) atoms. The molecule has 0 aromatic rings. The van der Waals surface area contributed by atoms with E-state index in [4.69, 9.17) is 5.11 Å². The summed E-state index contributed by atoms with van der Waals surface area (Å²) in [6.45, 7) is 1.88. The molecule has 2 amide bonds. The van der Waals surface area contributed by atoms with Gasteiger partial charge in [-0.25, -0.2) is 4.79 Å². The van der Waals surface area contributed by atoms with Gasteiger partial charge in [-0.15, -0.1) is 0 Å². The molecule has 0 spiro atoms. The Morgan fingerprint density at radius 1 is 1.33 bits per heavy atom. The van der Waals surface area contributed by atoms with Gasteiger partial charge in [0, 0.05) is 19.1 Å². The van der Waals surface area contributed by atoms with Crippen molar-refractivity contribution < 1.29 is 14.7 Å². The summed E-state index contributed by atoms with van der Waals surface area (Å²) >= 11 is 0. The molecule has 0 aliphatic heterocycles. The summed E-state index contributed by atoms with van der Waals surface area (Å²) in [6, 6.07) is -0.114. The van der Waals surface area contributed by atoms with Crippen LogP contribution in [-0.4, -0.2) is 41.1 Å². The van der Waals surface area contributed by atoms with Crippen LogP contribution in [0.4, 0.5) is 4.79 Å². The van der Waals surface area contributed by atoms with Crippen LogP contribution in [0.5, 0.6) is 0 Å². The largest absolute Gasteiger partial charge is 0.481 e. The Morgan fingerprint density at radius 2 is 1.94 bits per heavy atom. The normalized spacial score (nSPS) is 18.1. The third-order valence-corrected chi connectivity index (χ3v) is 3.68. The minimum atomic E-state index is -0.873. The Labute approximate surface area is 109 Å². The summed E-state index contributed by atoms with van der Waals surface area (Å²) < 4.78 is 0. The number of rotatable bonds is 5. The van der Waals surface area contributed by atoms with E-state index >= 15 is 0 Å². The molecule has 5 heteroatoms. The van der Waals surface area contributed by atoms with Gasteiger partial charge in [0.15, 0.2) is 0 Å². The highest BCUT2D eigenvalue weighted by Crippen LogP contribution is 2.21. The SMILES string of the molecule is CCC(CC(=O)O)NC(=O)N(C)C1CCCCC1. The van der Waals surface area contributed by atoms with Crippen LogP contribution in [0.2, 0.25) is 0 Å². The van der Waals surface area contributed by atoms with Crippen molar-refractivity contribution in [1.82, 2.24) is 10.2 Å². The van der Waals surface area contributed by atoms with Crippen LogP contribution >= 0.6 is 0 Å². The number of nitrogens with one attached hydrogen (secondary N) is 1. The fourth-order valence-electron chi connectivity index (χ4n) is 2.42. The number of nitrogens with zero attached hydrogens (tertiary/aromatic N) is 1. The summed E-state index contributed by atoms with van der Waals surface area (Å²) in [5.41, 5.74) is 0. The molecule has 0 bridgehead atoms. The number of hydrogen-bond acceptors (Lipinski definition) is 2. The predicted octanol–water partition coefficient (Wildman–Crippen LogP) is 2.21. The van der Waals surface area contributed by atoms with Gasteiger partial charge >= 0.3 is 12.0 Å². The van der Waals surface area contributed by atoms with Crippen LogP contribution in [0.25, 0.3) is 0 Å². The number of carbonyl (C=O) groups is 2. The maximum absolute atomic E-state index is 12.0. The monoisotopic (exact) mass is 256 g/mol. The molecule has 1 rings (SSSR count). The van der Waals surface area contributed by atoms with Gasteiger partial charge in [0.05, 0.1) is 6.42 Å². The maximum atomic E-state index is 12.0. The fourth-order valence-corrected chi connectivity index (χ4v) is 2.42. The molecule has 0 aromatic carbocycles. The van der Waals surface area contributed by atoms with Crippen LogP contribution in [0, 0.1) is 0 Å². The molecule has 0 saturated heterocycles. The molecule has 1 saturated carbocycles. The van der Waals surface area contributed by atoms with Crippen molar-refractivity contribution in [1.29, 1.82) is 0 Å². The molecule has 0 aromatic heterocycles. The summed E-state index contributed by atoms with van der Waals surface area (Å²) in [5.74, 6) is -0.873. The molecule has 1 unspecified atom stereocenters. The highest BCUT2D eigenvalue weighted by atomic mass is 16.4. The zero-order chi connectivity index (χ0) is 13.5. The second-order valence-electron chi connectivity index (χ2n) is 5.06. The van der Waals surface area contributed by atoms with Gasteiger partial charge < -0.3 is 15.3 Å². The van der Waals surface area contributed by atoms with E-state index in [1.54, 1.807) is 11.9 Å². The topological polar surface area (TPSA) is 69.6 Å². The van der Waals surface area contributed by atoms with Crippen molar-refractivity contribution >= 4 is 12.0 Å². The van der Waals surface area contributed by atoms with Crippen molar-refractivity contribution in [3.63, 3.8) is 0 Å². The number of urea groups is 1. The number of carboxylic acids is 1. The third kappa shape index (κ3) is 4.55. The van der Waals surface area contributed by atoms with Crippen molar-refractivity contribution in [2.24, 2.45) is 0 Å². The first-order valence-corrected chi connectivity index (χ1v) is 6.79. The Hall–Kier alpha value is -1.26. The molecule has 2 N–H and O–H groups in total. The average molecular weight is 256 g/mol. The fraction of sp³-hybridized carbons (Fsp3) is 0.846. The number of carbonyl (C=O) groups excluding carboxylic acids is 1. The second kappa shape index (κ2) is 7.24. The molecular weight excluding hydrogens is 232 g/mol. The van der Waals surface area contributed by atoms with E-state index in [9.17, 15) is 9.59 Å². The van der Waals surface area contributed by atoms with Crippen molar-refractivity contribution in [2.45, 2.75) is 64.0 Å². The van der Waals surface area contributed by atoms with E-state index in [-0.39, 0.29) is 18.5 Å². The van der Waals surface area contributed by atoms with Gasteiger partial charge in [-0.1, -0.05) is 26.2 Å². The standard InChI is InChI=1S/C13H24N2O3/c1-3-10(9-12(16)17)14-13(18)15(2)11-7-5-4-6-8-11/h10-11H,3-9H2,1-2H3,(H,14,18)(H,16,17). The van der Waals surface area contributed by atoms with E-state index in [2.05, 4.69) is 5.32 Å². The first-order valence-electron chi connectivity index (χ1n) is 6.79. The van der Waals surface area contributed by atoms with Gasteiger partial charge in [-0.2, -0.15) is 0 Å². The van der Waals surface area contributed by atoms with Crippen molar-refractivity contribution in [2.75, 3.05) is 7.05 Å². The molecule has 0 radical (unpaired) electrons. The molecule has 1 aliphatic carbocycles. The molecular formula is C13H24N2O3. The minimum Gasteiger partial charge on any atom is -0.481 e. The lowest BCUT2D eigenvalue weighted by Gasteiger charge is -2.32. The Kier molecular flexibility index (Phi) is 5.95. The molecule has 5 nitrogen and oxygen atoms in total. The Bertz CT molecular complexity index is 288. The zero-order valence-corrected chi connectivity index (χ0v) is 11.3. The smallest absolute Gasteiger partial charge is 0.317 e. The summed E-state index contributed by atoms with van der Waals surface area (Å²) in [6.07, 6.45) is 6.34. The average Bonchev–Trinajstić information content (AvgIpc) is 2.37. The van der Waals surface area contributed by atoms with E-state index in [0.717, 1.165) is 12.8 Å². The van der Waals surface area contributed by atoms with Gasteiger partial charge in [0.1, 0.15) is 0 Å². The summed E-state index contributed by atoms with van der Waals surface area (Å²) in [4.78, 5) is 24.4. The summed E-state index contributed by atoms with van der Waals surface area (Å²) in [7, 11) is 1.80. The van der Waals surface area contributed by atoms with Crippen LogP contribution < -0.4 is 5.32 Å². The van der Waals surface area contributed by atoms with Crippen molar-refractivity contribution in [3.05, 3.63) is 0 Å². The minimum absolute atomic E-state index is 0.0131. The lowest BCUT2D eigenvalue weighted by Crippen LogP contribution is -2.48. The van der Waals surface area contributed by atoms with Gasteiger partial charge in [-0.3, -0.25) is 4.79 Å². The van der Waals surface area contributed by atoms with E-state index in [0.29, 0.717) is 12.5 Å². The molecule has 0 heterocycles. The highest BCUT2D eigenvalue weighted by Gasteiger charge is 2.23. The Balaban J connectivity index is 2.44. The highest BCUT2D eigenvalue weighted by molar-refractivity contribution is 5.76. The van der Waals surface area contributed by atoms with E-state index < -0.39 is 5.97 Å². The quantitative estimate of drug-likeness (QED) is 0.792. The lowest BCUT2D eigenvalue weighted by molar-refractivity contribution is -0.137. The first kappa shape index (κ1) is 14.8. The first-order chi connectivity index (χ1) is 8.54. The molecule has 1 aliphatic rings. The van der Waals surface area contributed by atoms with Gasteiger partial charge in [-0.05, 0) is 19.3 Å². The third-order valence-electron chi connectivity index (χ3n) is 3.68. The number of carboxylic acid groups (broad SMARTS) is 1. The van der Waals surface area contributed by atoms with E-state index in [1.807, 2.05) is 6.92 Å². The van der Waals surface area contributed by atoms with Crippen LogP contribution in [0.15, 0.2) is 0 Å². The lowest BCUT2D eigenvalue weighted by atomic mass is 9.95. The van der Waals surface area contributed by atoms with Crippen LogP contribution in [0.3, 0.4) is 0 Å². The molecule has 1 atom stereocenters. The number of hydrogen-bond donors (Lipinski definition) is 2. The molecule has 104 valence electrons. The Morgan fingerprint density at radius 3 is 2.44 bits per heavy atom. The van der Waals surface area contributed by atoms with Gasteiger partial charge in [0.25, 0.3) is 0 Å². The zero-order valence-electron chi connectivity index (χ0n) is 11.3. The second-order valence-corrected chi connectivity index (χ2v) is 5.06. The van der Waals surface area contributed by atoms with E-state index in [1.165, 1.54) is 19.3 Å². The summed E-state index contributed by atoms with van der Waals surface area (Å²) in [5, 5.41) is 11.6. The van der Waals surface area contributed by atoms with Gasteiger partial charge in [0.2, 0.25) is 0 Å².